The zero-order valence-electron chi connectivity index (χ0n) is 21.7. The van der Waals surface area contributed by atoms with Crippen molar-refractivity contribution in [3.8, 4) is 5.75 Å². The van der Waals surface area contributed by atoms with E-state index in [1.807, 2.05) is 60.7 Å². The maximum atomic E-state index is 13.0. The number of carbonyl (C=O) groups is 4. The minimum atomic E-state index is -1.01. The number of hydrogen-bond donors (Lipinski definition) is 2. The van der Waals surface area contributed by atoms with Gasteiger partial charge in [-0.1, -0.05) is 60.3 Å². The number of carbonyl (C=O) groups excluding carboxylic acids is 3. The first-order valence-electron chi connectivity index (χ1n) is 13.1. The Morgan fingerprint density at radius 2 is 1.57 bits per heavy atom. The summed E-state index contributed by atoms with van der Waals surface area (Å²) in [7, 11) is 0. The molecule has 0 amide bonds. The molecule has 40 heavy (non-hydrogen) atoms. The summed E-state index contributed by atoms with van der Waals surface area (Å²) in [4.78, 5) is 48.7. The monoisotopic (exact) mass is 585 g/mol. The van der Waals surface area contributed by atoms with Crippen molar-refractivity contribution in [2.45, 2.75) is 38.3 Å². The van der Waals surface area contributed by atoms with Crippen LogP contribution in [0.25, 0.3) is 0 Å². The molecule has 4 rings (SSSR count). The molecule has 0 aromatic heterocycles. The van der Waals surface area contributed by atoms with Gasteiger partial charge in [0.25, 0.3) is 5.17 Å². The van der Waals surface area contributed by atoms with Gasteiger partial charge >= 0.3 is 17.9 Å². The van der Waals surface area contributed by atoms with E-state index in [9.17, 15) is 24.3 Å². The first kappa shape index (κ1) is 29.5. The molecule has 0 spiro atoms. The fourth-order valence-electron chi connectivity index (χ4n) is 5.11. The molecule has 5 unspecified atom stereocenters. The van der Waals surface area contributed by atoms with Crippen LogP contribution >= 0.6 is 24.0 Å². The number of carboxylic acid groups (broad SMARTS) is 1. The molecule has 11 heteroatoms. The van der Waals surface area contributed by atoms with Gasteiger partial charge in [0.05, 0.1) is 11.8 Å². The second-order valence-electron chi connectivity index (χ2n) is 9.92. The molecule has 1 saturated heterocycles. The summed E-state index contributed by atoms with van der Waals surface area (Å²) in [5.74, 6) is -3.28. The van der Waals surface area contributed by atoms with Crippen molar-refractivity contribution < 1.29 is 38.5 Å². The van der Waals surface area contributed by atoms with Gasteiger partial charge in [0, 0.05) is 25.1 Å². The van der Waals surface area contributed by atoms with Crippen LogP contribution in [0.5, 0.6) is 5.75 Å². The number of hydrogen-bond acceptors (Lipinski definition) is 9. The highest BCUT2D eigenvalue weighted by Crippen LogP contribution is 2.45. The highest BCUT2D eigenvalue weighted by molar-refractivity contribution is 8.13. The van der Waals surface area contributed by atoms with E-state index >= 15 is 0 Å². The van der Waals surface area contributed by atoms with Crippen LogP contribution in [0.3, 0.4) is 0 Å². The molecule has 2 N–H and O–H groups in total. The Bertz CT molecular complexity index is 1210. The van der Waals surface area contributed by atoms with Crippen molar-refractivity contribution in [3.63, 3.8) is 0 Å². The summed E-state index contributed by atoms with van der Waals surface area (Å²) >= 11 is 6.44. The van der Waals surface area contributed by atoms with E-state index in [0.717, 1.165) is 17.3 Å². The smallest absolute Gasteiger partial charge is 0.317 e. The molecule has 5 atom stereocenters. The Labute approximate surface area is 241 Å². The van der Waals surface area contributed by atoms with E-state index in [0.29, 0.717) is 12.3 Å². The lowest BCUT2D eigenvalue weighted by Crippen LogP contribution is -2.36. The summed E-state index contributed by atoms with van der Waals surface area (Å²) in [5.41, 5.74) is 1.04. The number of nitrogens with one attached hydrogen (secondary N) is 1. The maximum absolute atomic E-state index is 13.0. The molecule has 1 heterocycles. The van der Waals surface area contributed by atoms with Gasteiger partial charge in [0.2, 0.25) is 0 Å². The molecular formula is C29H31NO8S2. The van der Waals surface area contributed by atoms with Crippen molar-refractivity contribution in [3.05, 3.63) is 66.2 Å². The van der Waals surface area contributed by atoms with Gasteiger partial charge in [0.15, 0.2) is 5.12 Å². The lowest BCUT2D eigenvalue weighted by molar-refractivity contribution is -0.154. The number of thioether (sulfide) groups is 1. The van der Waals surface area contributed by atoms with Gasteiger partial charge in [-0.05, 0) is 54.6 Å². The van der Waals surface area contributed by atoms with Gasteiger partial charge in [-0.3, -0.25) is 19.2 Å². The Kier molecular flexibility index (Phi) is 10.5. The van der Waals surface area contributed by atoms with Crippen molar-refractivity contribution in [2.24, 2.45) is 23.7 Å². The first-order chi connectivity index (χ1) is 19.3. The number of thiocarbonyl (C=S) groups is 1. The predicted octanol–water partition coefficient (Wildman–Crippen LogP) is 3.99. The number of benzene rings is 2. The van der Waals surface area contributed by atoms with Crippen molar-refractivity contribution in [1.82, 2.24) is 5.32 Å². The van der Waals surface area contributed by atoms with Gasteiger partial charge in [-0.25, -0.2) is 0 Å². The van der Waals surface area contributed by atoms with Crippen LogP contribution < -0.4 is 10.1 Å². The van der Waals surface area contributed by atoms with E-state index in [1.54, 1.807) is 0 Å². The second kappa shape index (κ2) is 14.3. The zero-order chi connectivity index (χ0) is 28.5. The number of ether oxygens (including phenoxy) is 3. The Morgan fingerprint density at radius 3 is 2.20 bits per heavy atom. The topological polar surface area (TPSA) is 128 Å². The molecule has 1 saturated carbocycles. The van der Waals surface area contributed by atoms with Crippen LogP contribution in [0.1, 0.15) is 31.2 Å². The fourth-order valence-corrected chi connectivity index (χ4v) is 6.18. The quantitative estimate of drug-likeness (QED) is 0.213. The van der Waals surface area contributed by atoms with Crippen LogP contribution in [0.2, 0.25) is 0 Å². The summed E-state index contributed by atoms with van der Waals surface area (Å²) in [6, 6.07) is 18.9. The van der Waals surface area contributed by atoms with Crippen LogP contribution in [0, 0.1) is 23.7 Å². The minimum absolute atomic E-state index is 0.0796. The van der Waals surface area contributed by atoms with E-state index < -0.39 is 41.8 Å². The number of esters is 2. The first-order valence-corrected chi connectivity index (χ1v) is 14.5. The highest BCUT2D eigenvalue weighted by Gasteiger charge is 2.51. The summed E-state index contributed by atoms with van der Waals surface area (Å²) in [6.07, 6.45) is -0.161. The summed E-state index contributed by atoms with van der Waals surface area (Å²) in [5, 5.41) is 12.5. The molecule has 1 aliphatic heterocycles. The summed E-state index contributed by atoms with van der Waals surface area (Å²) in [6.45, 7) is 0.637. The molecule has 9 nitrogen and oxygen atoms in total. The van der Waals surface area contributed by atoms with Gasteiger partial charge in [-0.15, -0.1) is 0 Å². The summed E-state index contributed by atoms with van der Waals surface area (Å²) < 4.78 is 16.6. The van der Waals surface area contributed by atoms with Crippen LogP contribution in [-0.4, -0.2) is 51.8 Å². The van der Waals surface area contributed by atoms with Gasteiger partial charge in [0.1, 0.15) is 18.5 Å². The van der Waals surface area contributed by atoms with Crippen LogP contribution in [0.15, 0.2) is 60.7 Å². The standard InChI is InChI=1S/C29H31NO8S2/c31-25(32)13-19-11-23-24(28(35)38-27(23)34)12-20(19)14-26(33)40-17-22(16-36-21-9-5-2-6-10-21)37-29(39)30-15-18-7-3-1-4-8-18/h1-10,19-20,22-24H,11-17H2,(H,30,39)(H,31,32). The van der Waals surface area contributed by atoms with Gasteiger partial charge < -0.3 is 24.6 Å². The Balaban J connectivity index is 1.34. The largest absolute Gasteiger partial charge is 0.490 e. The number of cyclic esters (lactones) is 2. The van der Waals surface area contributed by atoms with E-state index in [1.165, 1.54) is 0 Å². The molecular weight excluding hydrogens is 554 g/mol. The Morgan fingerprint density at radius 1 is 0.975 bits per heavy atom. The third kappa shape index (κ3) is 8.53. The molecule has 0 radical (unpaired) electrons. The van der Waals surface area contributed by atoms with E-state index in [4.69, 9.17) is 26.4 Å². The lowest BCUT2D eigenvalue weighted by atomic mass is 9.67. The fraction of sp³-hybridized carbons (Fsp3) is 0.414. The Hall–Kier alpha value is -3.44. The average Bonchev–Trinajstić information content (AvgIpc) is 3.21. The molecule has 212 valence electrons. The van der Waals surface area contributed by atoms with Crippen LogP contribution in [0.4, 0.5) is 0 Å². The normalized spacial score (nSPS) is 22.5. The second-order valence-corrected chi connectivity index (χ2v) is 11.4. The van der Waals surface area contributed by atoms with Gasteiger partial charge in [-0.2, -0.15) is 0 Å². The van der Waals surface area contributed by atoms with Crippen molar-refractivity contribution >= 4 is 52.2 Å². The third-order valence-corrected chi connectivity index (χ3v) is 8.37. The average molecular weight is 586 g/mol. The maximum Gasteiger partial charge on any atom is 0.317 e. The molecule has 2 aromatic rings. The third-order valence-electron chi connectivity index (χ3n) is 7.10. The van der Waals surface area contributed by atoms with E-state index in [-0.39, 0.29) is 54.3 Å². The lowest BCUT2D eigenvalue weighted by Gasteiger charge is -2.34. The SMILES string of the molecule is O=C(O)CC1CC2C(=O)OC(=O)C2CC1CC(=O)SCC(COc1ccccc1)OC(=S)NCc1ccccc1. The molecule has 1 aliphatic carbocycles. The number of fused-ring (bicyclic) bond motifs is 1. The highest BCUT2D eigenvalue weighted by atomic mass is 32.2. The van der Waals surface area contributed by atoms with Crippen LogP contribution in [-0.2, 0) is 35.2 Å². The number of rotatable bonds is 12. The number of aliphatic carboxylic acids is 1. The molecule has 2 aliphatic rings. The predicted molar refractivity (Wildman–Crippen MR) is 151 cm³/mol. The molecule has 2 aromatic carbocycles. The zero-order valence-corrected chi connectivity index (χ0v) is 23.4. The number of carboxylic acids is 1. The van der Waals surface area contributed by atoms with Crippen molar-refractivity contribution in [2.75, 3.05) is 12.4 Å². The number of para-hydroxylation sites is 1. The molecule has 2 fully saturated rings. The molecule has 0 bridgehead atoms. The minimum Gasteiger partial charge on any atom is -0.490 e. The van der Waals surface area contributed by atoms with E-state index in [2.05, 4.69) is 5.32 Å². The van der Waals surface area contributed by atoms with Crippen molar-refractivity contribution in [1.29, 1.82) is 0 Å².